The Morgan fingerprint density at radius 2 is 1.68 bits per heavy atom. The molecule has 1 fully saturated rings. The van der Waals surface area contributed by atoms with Gasteiger partial charge in [-0.2, -0.15) is 0 Å². The van der Waals surface area contributed by atoms with Gasteiger partial charge in [0.05, 0.1) is 13.1 Å². The summed E-state index contributed by atoms with van der Waals surface area (Å²) in [7, 11) is 0. The number of carbonyl (C=O) groups is 2. The molecule has 34 heavy (non-hydrogen) atoms. The van der Waals surface area contributed by atoms with Gasteiger partial charge in [-0.15, -0.1) is 0 Å². The van der Waals surface area contributed by atoms with Gasteiger partial charge in [-0.1, -0.05) is 61.2 Å². The molecule has 186 valence electrons. The van der Waals surface area contributed by atoms with Crippen LogP contribution in [0.4, 0.5) is 0 Å². The number of hydrogen-bond donors (Lipinski definition) is 0. The van der Waals surface area contributed by atoms with E-state index in [1.165, 1.54) is 12.0 Å². The molecule has 3 rings (SSSR count). The Bertz CT molecular complexity index is 929. The first-order chi connectivity index (χ1) is 16.2. The molecule has 1 saturated carbocycles. The topological polar surface area (TPSA) is 45.6 Å². The zero-order chi connectivity index (χ0) is 24.7. The first-order valence-corrected chi connectivity index (χ1v) is 13.5. The summed E-state index contributed by atoms with van der Waals surface area (Å²) >= 11 is 3.50. The Balaban J connectivity index is 1.79. The lowest BCUT2D eigenvalue weighted by molar-refractivity contribution is -0.144. The van der Waals surface area contributed by atoms with Gasteiger partial charge in [-0.3, -0.25) is 9.59 Å². The summed E-state index contributed by atoms with van der Waals surface area (Å²) in [5, 5.41) is 0. The van der Waals surface area contributed by atoms with Crippen molar-refractivity contribution in [1.29, 1.82) is 0 Å². The maximum Gasteiger partial charge on any atom is 0.242 e. The monoisotopic (exact) mass is 529 g/mol. The van der Waals surface area contributed by atoms with E-state index >= 15 is 0 Å². The molecule has 0 saturated heterocycles. The largest absolute Gasteiger partial charge is 0.345 e. The fraction of sp³-hybridized carbons (Fsp3) is 0.571. The van der Waals surface area contributed by atoms with Crippen molar-refractivity contribution in [3.05, 3.63) is 58.3 Å². The summed E-state index contributed by atoms with van der Waals surface area (Å²) in [6.45, 7) is 9.61. The number of rotatable bonds is 10. The third-order valence-electron chi connectivity index (χ3n) is 6.69. The molecule has 0 radical (unpaired) electrons. The number of amides is 2. The predicted molar refractivity (Wildman–Crippen MR) is 141 cm³/mol. The SMILES string of the molecule is CC(C)CC(=O)N(CC(=O)N(Cc1cccn1Cc1ccc(Br)cc1)C1CCCCC1)C(C)C. The van der Waals surface area contributed by atoms with Gasteiger partial charge in [0, 0.05) is 41.4 Å². The van der Waals surface area contributed by atoms with Crippen LogP contribution in [0.3, 0.4) is 0 Å². The molecule has 0 spiro atoms. The van der Waals surface area contributed by atoms with Crippen molar-refractivity contribution in [2.75, 3.05) is 6.54 Å². The minimum atomic E-state index is 0.00433. The minimum absolute atomic E-state index is 0.00433. The van der Waals surface area contributed by atoms with E-state index in [1.807, 2.05) is 27.7 Å². The minimum Gasteiger partial charge on any atom is -0.345 e. The van der Waals surface area contributed by atoms with Crippen molar-refractivity contribution in [3.8, 4) is 0 Å². The van der Waals surface area contributed by atoms with Crippen molar-refractivity contribution >= 4 is 27.7 Å². The van der Waals surface area contributed by atoms with Crippen LogP contribution in [-0.2, 0) is 22.7 Å². The molecule has 1 aromatic carbocycles. The van der Waals surface area contributed by atoms with E-state index in [-0.39, 0.29) is 36.4 Å². The van der Waals surface area contributed by atoms with Crippen molar-refractivity contribution in [1.82, 2.24) is 14.4 Å². The maximum atomic E-state index is 13.7. The lowest BCUT2D eigenvalue weighted by Crippen LogP contribution is -2.49. The van der Waals surface area contributed by atoms with Crippen LogP contribution in [0.25, 0.3) is 0 Å². The quantitative estimate of drug-likeness (QED) is 0.365. The number of carbonyl (C=O) groups excluding carboxylic acids is 2. The first-order valence-electron chi connectivity index (χ1n) is 12.7. The summed E-state index contributed by atoms with van der Waals surface area (Å²) in [6.07, 6.45) is 8.21. The van der Waals surface area contributed by atoms with Crippen LogP contribution in [0.2, 0.25) is 0 Å². The van der Waals surface area contributed by atoms with Crippen LogP contribution in [0, 0.1) is 5.92 Å². The van der Waals surface area contributed by atoms with Crippen LogP contribution < -0.4 is 0 Å². The number of hydrogen-bond acceptors (Lipinski definition) is 2. The summed E-state index contributed by atoms with van der Waals surface area (Å²) in [5.41, 5.74) is 2.35. The van der Waals surface area contributed by atoms with Gasteiger partial charge < -0.3 is 14.4 Å². The Morgan fingerprint density at radius 1 is 1.00 bits per heavy atom. The fourth-order valence-corrected chi connectivity index (χ4v) is 5.05. The molecule has 1 aromatic heterocycles. The zero-order valence-electron chi connectivity index (χ0n) is 21.2. The fourth-order valence-electron chi connectivity index (χ4n) is 4.78. The van der Waals surface area contributed by atoms with Crippen LogP contribution in [0.15, 0.2) is 47.1 Å². The number of benzene rings is 1. The number of nitrogens with zero attached hydrogens (tertiary/aromatic N) is 3. The van der Waals surface area contributed by atoms with E-state index in [0.717, 1.165) is 42.4 Å². The molecule has 5 nitrogen and oxygen atoms in total. The Kier molecular flexibility index (Phi) is 9.81. The maximum absolute atomic E-state index is 13.7. The van der Waals surface area contributed by atoms with Crippen LogP contribution >= 0.6 is 15.9 Å². The second kappa shape index (κ2) is 12.6. The molecule has 0 aliphatic heterocycles. The average Bonchev–Trinajstić information content (AvgIpc) is 3.23. The molecule has 0 unspecified atom stereocenters. The molecule has 1 aliphatic rings. The van der Waals surface area contributed by atoms with Gasteiger partial charge >= 0.3 is 0 Å². The highest BCUT2D eigenvalue weighted by atomic mass is 79.9. The average molecular weight is 531 g/mol. The zero-order valence-corrected chi connectivity index (χ0v) is 22.8. The number of halogens is 1. The third kappa shape index (κ3) is 7.46. The van der Waals surface area contributed by atoms with E-state index in [1.54, 1.807) is 4.90 Å². The van der Waals surface area contributed by atoms with E-state index in [0.29, 0.717) is 13.0 Å². The van der Waals surface area contributed by atoms with E-state index in [9.17, 15) is 9.59 Å². The molecule has 0 bridgehead atoms. The Morgan fingerprint density at radius 3 is 2.29 bits per heavy atom. The van der Waals surface area contributed by atoms with Crippen molar-refractivity contribution in [3.63, 3.8) is 0 Å². The molecule has 1 heterocycles. The molecule has 0 atom stereocenters. The highest BCUT2D eigenvalue weighted by Crippen LogP contribution is 2.25. The lowest BCUT2D eigenvalue weighted by Gasteiger charge is -2.37. The highest BCUT2D eigenvalue weighted by molar-refractivity contribution is 9.10. The van der Waals surface area contributed by atoms with Crippen molar-refractivity contribution in [2.24, 2.45) is 5.92 Å². The summed E-state index contributed by atoms with van der Waals surface area (Å²) < 4.78 is 3.30. The molecular weight excluding hydrogens is 490 g/mol. The van der Waals surface area contributed by atoms with Gasteiger partial charge in [-0.25, -0.2) is 0 Å². The Labute approximate surface area is 213 Å². The van der Waals surface area contributed by atoms with E-state index in [4.69, 9.17) is 0 Å². The second-order valence-corrected chi connectivity index (χ2v) is 11.2. The van der Waals surface area contributed by atoms with Crippen molar-refractivity contribution < 1.29 is 9.59 Å². The standard InChI is InChI=1S/C28H40BrN3O2/c1-21(2)17-27(33)31(22(3)4)20-28(34)32(25-9-6-5-7-10-25)19-26-11-8-16-30(26)18-23-12-14-24(29)15-13-23/h8,11-16,21-22,25H,5-7,9-10,17-20H2,1-4H3. The van der Waals surface area contributed by atoms with Gasteiger partial charge in [0.1, 0.15) is 0 Å². The predicted octanol–water partition coefficient (Wildman–Crippen LogP) is 6.24. The molecular formula is C28H40BrN3O2. The molecule has 2 aromatic rings. The Hall–Kier alpha value is -2.08. The van der Waals surface area contributed by atoms with Crippen molar-refractivity contribution in [2.45, 2.75) is 91.4 Å². The summed E-state index contributed by atoms with van der Waals surface area (Å²) in [5.74, 6) is 0.412. The normalized spacial score (nSPS) is 14.6. The van der Waals surface area contributed by atoms with Gasteiger partial charge in [0.15, 0.2) is 0 Å². The van der Waals surface area contributed by atoms with E-state index in [2.05, 4.69) is 68.0 Å². The van der Waals surface area contributed by atoms with Gasteiger partial charge in [-0.05, 0) is 62.4 Å². The third-order valence-corrected chi connectivity index (χ3v) is 7.22. The van der Waals surface area contributed by atoms with Crippen LogP contribution in [0.5, 0.6) is 0 Å². The highest BCUT2D eigenvalue weighted by Gasteiger charge is 2.29. The molecule has 2 amide bonds. The second-order valence-electron chi connectivity index (χ2n) is 10.3. The number of aromatic nitrogens is 1. The van der Waals surface area contributed by atoms with Crippen LogP contribution in [-0.4, -0.2) is 44.8 Å². The van der Waals surface area contributed by atoms with E-state index < -0.39 is 0 Å². The van der Waals surface area contributed by atoms with Gasteiger partial charge in [0.2, 0.25) is 11.8 Å². The lowest BCUT2D eigenvalue weighted by atomic mass is 9.94. The summed E-state index contributed by atoms with van der Waals surface area (Å²) in [4.78, 5) is 30.4. The van der Waals surface area contributed by atoms with Crippen LogP contribution in [0.1, 0.15) is 77.5 Å². The van der Waals surface area contributed by atoms with Gasteiger partial charge in [0.25, 0.3) is 0 Å². The molecule has 0 N–H and O–H groups in total. The first kappa shape index (κ1) is 26.5. The molecule has 1 aliphatic carbocycles. The molecule has 6 heteroatoms. The summed E-state index contributed by atoms with van der Waals surface area (Å²) in [6, 6.07) is 12.8. The smallest absolute Gasteiger partial charge is 0.242 e.